The normalized spacial score (nSPS) is 16.0. The molecular formula is C18H23FN2O5. The average molecular weight is 366 g/mol. The molecule has 1 saturated heterocycles. The minimum absolute atomic E-state index is 0.177. The Bertz CT molecular complexity index is 669. The highest BCUT2D eigenvalue weighted by molar-refractivity contribution is 5.92. The summed E-state index contributed by atoms with van der Waals surface area (Å²) in [5.41, 5.74) is -0.559. The van der Waals surface area contributed by atoms with Gasteiger partial charge in [0.25, 0.3) is 0 Å². The summed E-state index contributed by atoms with van der Waals surface area (Å²) in [6.07, 6.45) is 0.129. The molecule has 1 aliphatic heterocycles. The van der Waals surface area contributed by atoms with Gasteiger partial charge in [-0.2, -0.15) is 0 Å². The Kier molecular flexibility index (Phi) is 6.18. The highest BCUT2D eigenvalue weighted by Crippen LogP contribution is 2.37. The molecular weight excluding hydrogens is 343 g/mol. The second-order valence-electron chi connectivity index (χ2n) is 6.38. The largest absolute Gasteiger partial charge is 0.481 e. The van der Waals surface area contributed by atoms with Crippen LogP contribution in [0.25, 0.3) is 0 Å². The molecule has 0 aliphatic carbocycles. The van der Waals surface area contributed by atoms with Gasteiger partial charge in [0.15, 0.2) is 0 Å². The van der Waals surface area contributed by atoms with E-state index in [1.807, 2.05) is 0 Å². The Morgan fingerprint density at radius 3 is 2.31 bits per heavy atom. The number of ether oxygens (including phenoxy) is 1. The van der Waals surface area contributed by atoms with E-state index >= 15 is 0 Å². The van der Waals surface area contributed by atoms with Crippen LogP contribution in [0.2, 0.25) is 0 Å². The van der Waals surface area contributed by atoms with Crippen molar-refractivity contribution in [3.63, 3.8) is 0 Å². The molecule has 1 heterocycles. The molecule has 1 aliphatic rings. The van der Waals surface area contributed by atoms with E-state index in [0.29, 0.717) is 5.69 Å². The molecule has 1 fully saturated rings. The van der Waals surface area contributed by atoms with Crippen molar-refractivity contribution < 1.29 is 28.6 Å². The van der Waals surface area contributed by atoms with Crippen LogP contribution in [0.15, 0.2) is 24.3 Å². The molecule has 0 bridgehead atoms. The van der Waals surface area contributed by atoms with Gasteiger partial charge >= 0.3 is 18.0 Å². The molecule has 7 nitrogen and oxygen atoms in total. The van der Waals surface area contributed by atoms with Gasteiger partial charge in [0, 0.05) is 25.8 Å². The lowest BCUT2D eigenvalue weighted by Gasteiger charge is -2.40. The minimum Gasteiger partial charge on any atom is -0.481 e. The summed E-state index contributed by atoms with van der Waals surface area (Å²) in [6.45, 7) is 2.34. The third kappa shape index (κ3) is 4.30. The maximum absolute atomic E-state index is 13.0. The number of aliphatic carboxylic acids is 1. The number of urea groups is 1. The Balaban J connectivity index is 2.07. The molecule has 0 atom stereocenters. The summed E-state index contributed by atoms with van der Waals surface area (Å²) < 4.78 is 18.1. The third-order valence-corrected chi connectivity index (χ3v) is 4.69. The maximum Gasteiger partial charge on any atom is 0.324 e. The first kappa shape index (κ1) is 19.7. The number of esters is 1. The zero-order chi connectivity index (χ0) is 19.3. The molecule has 1 aromatic rings. The first-order valence-corrected chi connectivity index (χ1v) is 8.46. The highest BCUT2D eigenvalue weighted by Gasteiger charge is 2.45. The Hall–Kier alpha value is -2.64. The fourth-order valence-electron chi connectivity index (χ4n) is 3.14. The zero-order valence-electron chi connectivity index (χ0n) is 14.9. The predicted octanol–water partition coefficient (Wildman–Crippen LogP) is 2.50. The first-order valence-electron chi connectivity index (χ1n) is 8.46. The lowest BCUT2D eigenvalue weighted by atomic mass is 9.75. The summed E-state index contributed by atoms with van der Waals surface area (Å²) in [6, 6.07) is 5.26. The van der Waals surface area contributed by atoms with Crippen molar-refractivity contribution in [2.24, 2.45) is 5.41 Å². The summed E-state index contributed by atoms with van der Waals surface area (Å²) in [5, 5.41) is 9.16. The monoisotopic (exact) mass is 366 g/mol. The van der Waals surface area contributed by atoms with E-state index in [-0.39, 0.29) is 50.8 Å². The van der Waals surface area contributed by atoms with Gasteiger partial charge in [0.2, 0.25) is 0 Å². The van der Waals surface area contributed by atoms with Gasteiger partial charge in [-0.25, -0.2) is 9.18 Å². The number of halogens is 1. The van der Waals surface area contributed by atoms with Crippen LogP contribution in [0.1, 0.15) is 26.2 Å². The van der Waals surface area contributed by atoms with Crippen LogP contribution in [-0.4, -0.2) is 54.7 Å². The first-order chi connectivity index (χ1) is 12.3. The summed E-state index contributed by atoms with van der Waals surface area (Å²) >= 11 is 0. The zero-order valence-corrected chi connectivity index (χ0v) is 14.9. The van der Waals surface area contributed by atoms with Crippen LogP contribution in [0.5, 0.6) is 0 Å². The Morgan fingerprint density at radius 2 is 1.81 bits per heavy atom. The van der Waals surface area contributed by atoms with Crippen molar-refractivity contribution in [3.05, 3.63) is 30.1 Å². The van der Waals surface area contributed by atoms with Crippen LogP contribution in [0.3, 0.4) is 0 Å². The topological polar surface area (TPSA) is 87.1 Å². The number of carboxylic acid groups (broad SMARTS) is 1. The lowest BCUT2D eigenvalue weighted by Crippen LogP contribution is -2.51. The molecule has 26 heavy (non-hydrogen) atoms. The SMILES string of the molecule is CCOC(=O)C1(CC(=O)O)CCN(C(=O)N(C)c2ccc(F)cc2)CC1. The van der Waals surface area contributed by atoms with Gasteiger partial charge in [0.05, 0.1) is 18.4 Å². The van der Waals surface area contributed by atoms with Gasteiger partial charge < -0.3 is 14.7 Å². The summed E-state index contributed by atoms with van der Waals surface area (Å²) in [7, 11) is 1.58. The lowest BCUT2D eigenvalue weighted by molar-refractivity contribution is -0.163. The number of carbonyl (C=O) groups is 3. The van der Waals surface area contributed by atoms with Gasteiger partial charge in [-0.05, 0) is 44.0 Å². The number of anilines is 1. The van der Waals surface area contributed by atoms with Crippen molar-refractivity contribution >= 4 is 23.7 Å². The number of hydrogen-bond acceptors (Lipinski definition) is 4. The molecule has 0 unspecified atom stereocenters. The van der Waals surface area contributed by atoms with Crippen LogP contribution >= 0.6 is 0 Å². The number of benzene rings is 1. The van der Waals surface area contributed by atoms with E-state index in [0.717, 1.165) is 0 Å². The summed E-state index contributed by atoms with van der Waals surface area (Å²) in [5.74, 6) is -1.98. The molecule has 0 spiro atoms. The van der Waals surface area contributed by atoms with Crippen molar-refractivity contribution in [1.82, 2.24) is 4.90 Å². The Labute approximate surface area is 151 Å². The van der Waals surface area contributed by atoms with Crippen molar-refractivity contribution in [2.45, 2.75) is 26.2 Å². The van der Waals surface area contributed by atoms with Crippen LogP contribution in [-0.2, 0) is 14.3 Å². The number of nitrogens with zero attached hydrogens (tertiary/aromatic N) is 2. The molecule has 0 radical (unpaired) electrons. The fraction of sp³-hybridized carbons (Fsp3) is 0.500. The molecule has 142 valence electrons. The molecule has 0 aromatic heterocycles. The molecule has 2 rings (SSSR count). The minimum atomic E-state index is -1.10. The maximum atomic E-state index is 13.0. The van der Waals surface area contributed by atoms with Gasteiger partial charge in [-0.3, -0.25) is 14.5 Å². The van der Waals surface area contributed by atoms with Gasteiger partial charge in [0.1, 0.15) is 5.82 Å². The smallest absolute Gasteiger partial charge is 0.324 e. The predicted molar refractivity (Wildman–Crippen MR) is 92.3 cm³/mol. The van der Waals surface area contributed by atoms with E-state index in [1.54, 1.807) is 18.9 Å². The molecule has 8 heteroatoms. The number of carbonyl (C=O) groups excluding carboxylic acids is 2. The fourth-order valence-corrected chi connectivity index (χ4v) is 3.14. The van der Waals surface area contributed by atoms with Crippen molar-refractivity contribution in [2.75, 3.05) is 31.6 Å². The number of likely N-dealkylation sites (tertiary alicyclic amines) is 1. The quantitative estimate of drug-likeness (QED) is 0.809. The van der Waals surface area contributed by atoms with E-state index in [9.17, 15) is 18.8 Å². The van der Waals surface area contributed by atoms with E-state index in [4.69, 9.17) is 9.84 Å². The molecule has 1 aromatic carbocycles. The van der Waals surface area contributed by atoms with E-state index in [1.165, 1.54) is 29.2 Å². The number of carboxylic acids is 1. The second-order valence-corrected chi connectivity index (χ2v) is 6.38. The number of hydrogen-bond donors (Lipinski definition) is 1. The van der Waals surface area contributed by atoms with Crippen LogP contribution in [0, 0.1) is 11.2 Å². The van der Waals surface area contributed by atoms with E-state index in [2.05, 4.69) is 0 Å². The van der Waals surface area contributed by atoms with E-state index < -0.39 is 17.4 Å². The molecule has 0 saturated carbocycles. The van der Waals surface area contributed by atoms with Gasteiger partial charge in [-0.15, -0.1) is 0 Å². The molecule has 2 amide bonds. The van der Waals surface area contributed by atoms with Crippen LogP contribution < -0.4 is 4.90 Å². The number of piperidine rings is 1. The van der Waals surface area contributed by atoms with Crippen LogP contribution in [0.4, 0.5) is 14.9 Å². The average Bonchev–Trinajstić information content (AvgIpc) is 2.61. The second kappa shape index (κ2) is 8.16. The highest BCUT2D eigenvalue weighted by atomic mass is 19.1. The van der Waals surface area contributed by atoms with Gasteiger partial charge in [-0.1, -0.05) is 0 Å². The number of rotatable bonds is 5. The van der Waals surface area contributed by atoms with Crippen molar-refractivity contribution in [1.29, 1.82) is 0 Å². The number of amides is 2. The third-order valence-electron chi connectivity index (χ3n) is 4.69. The summed E-state index contributed by atoms with van der Waals surface area (Å²) in [4.78, 5) is 39.1. The van der Waals surface area contributed by atoms with Crippen molar-refractivity contribution in [3.8, 4) is 0 Å². The standard InChI is InChI=1S/C18H23FN2O5/c1-3-26-16(24)18(12-15(22)23)8-10-21(11-9-18)17(25)20(2)14-6-4-13(19)5-7-14/h4-7H,3,8-12H2,1-2H3,(H,22,23). The molecule has 1 N–H and O–H groups in total. The Morgan fingerprint density at radius 1 is 1.23 bits per heavy atom.